The number of nitrogens with one attached hydrogen (secondary N) is 2. The van der Waals surface area contributed by atoms with Crippen LogP contribution in [0.5, 0.6) is 5.75 Å². The third-order valence-corrected chi connectivity index (χ3v) is 4.33. The first-order chi connectivity index (χ1) is 13.8. The minimum absolute atomic E-state index is 0.206. The quantitative estimate of drug-likeness (QED) is 0.692. The van der Waals surface area contributed by atoms with Crippen molar-refractivity contribution in [1.29, 1.82) is 0 Å². The molecule has 2 amide bonds. The summed E-state index contributed by atoms with van der Waals surface area (Å²) < 4.78 is 5.31. The van der Waals surface area contributed by atoms with Crippen molar-refractivity contribution in [3.8, 4) is 11.4 Å². The molecular formula is C21H23N5O3. The molecule has 0 aliphatic rings. The first-order valence-electron chi connectivity index (χ1n) is 9.07. The minimum Gasteiger partial charge on any atom is -0.495 e. The highest BCUT2D eigenvalue weighted by atomic mass is 16.5. The molecule has 2 aromatic carbocycles. The number of aromatic nitrogens is 3. The average Bonchev–Trinajstić information content (AvgIpc) is 3.03. The third kappa shape index (κ3) is 4.43. The third-order valence-electron chi connectivity index (χ3n) is 4.33. The van der Waals surface area contributed by atoms with Crippen LogP contribution in [0.1, 0.15) is 34.2 Å². The molecule has 0 aliphatic carbocycles. The van der Waals surface area contributed by atoms with E-state index in [-0.39, 0.29) is 11.6 Å². The van der Waals surface area contributed by atoms with Crippen molar-refractivity contribution in [3.05, 3.63) is 58.9 Å². The highest BCUT2D eigenvalue weighted by Crippen LogP contribution is 2.28. The van der Waals surface area contributed by atoms with E-state index in [2.05, 4.69) is 20.8 Å². The number of carbonyl (C=O) groups excluding carboxylic acids is 2. The molecule has 0 spiro atoms. The second-order valence-corrected chi connectivity index (χ2v) is 6.76. The van der Waals surface area contributed by atoms with Crippen molar-refractivity contribution in [1.82, 2.24) is 15.0 Å². The lowest BCUT2D eigenvalue weighted by Gasteiger charge is -2.12. The number of benzene rings is 2. The molecule has 0 saturated heterocycles. The highest BCUT2D eigenvalue weighted by molar-refractivity contribution is 6.05. The Labute approximate surface area is 168 Å². The van der Waals surface area contributed by atoms with E-state index in [9.17, 15) is 9.59 Å². The van der Waals surface area contributed by atoms with Crippen LogP contribution in [0.2, 0.25) is 0 Å². The van der Waals surface area contributed by atoms with Crippen LogP contribution < -0.4 is 15.4 Å². The van der Waals surface area contributed by atoms with E-state index in [1.54, 1.807) is 25.1 Å². The van der Waals surface area contributed by atoms with Crippen molar-refractivity contribution in [2.75, 3.05) is 17.7 Å². The van der Waals surface area contributed by atoms with Gasteiger partial charge in [-0.2, -0.15) is 9.90 Å². The molecule has 150 valence electrons. The lowest BCUT2D eigenvalue weighted by Crippen LogP contribution is -2.15. The standard InChI is InChI=1S/C21H23N5O3/c1-12-6-8-18(13(2)10-12)26-24-14(3)20(25-26)21(28)23-17-11-16(22-15(4)27)7-9-19(17)29-5/h6-11H,1-5H3,(H,22,27)(H,23,28). The topological polar surface area (TPSA) is 98.1 Å². The second-order valence-electron chi connectivity index (χ2n) is 6.76. The van der Waals surface area contributed by atoms with Crippen LogP contribution in [-0.4, -0.2) is 33.9 Å². The molecule has 1 aromatic heterocycles. The van der Waals surface area contributed by atoms with Gasteiger partial charge in [-0.3, -0.25) is 9.59 Å². The number of nitrogens with zero attached hydrogens (tertiary/aromatic N) is 3. The number of aryl methyl sites for hydroxylation is 3. The van der Waals surface area contributed by atoms with Crippen LogP contribution in [-0.2, 0) is 4.79 Å². The molecule has 8 heteroatoms. The van der Waals surface area contributed by atoms with Crippen molar-refractivity contribution in [3.63, 3.8) is 0 Å². The zero-order chi connectivity index (χ0) is 21.1. The summed E-state index contributed by atoms with van der Waals surface area (Å²) in [5, 5.41) is 14.2. The molecule has 0 fully saturated rings. The minimum atomic E-state index is -0.420. The first-order valence-corrected chi connectivity index (χ1v) is 9.07. The maximum absolute atomic E-state index is 12.9. The normalized spacial score (nSPS) is 10.5. The van der Waals surface area contributed by atoms with Crippen molar-refractivity contribution < 1.29 is 14.3 Å². The van der Waals surface area contributed by atoms with Gasteiger partial charge in [0.05, 0.1) is 24.2 Å². The van der Waals surface area contributed by atoms with Crippen LogP contribution in [0.25, 0.3) is 5.69 Å². The fourth-order valence-corrected chi connectivity index (χ4v) is 2.99. The molecule has 29 heavy (non-hydrogen) atoms. The van der Waals surface area contributed by atoms with Gasteiger partial charge in [0.25, 0.3) is 5.91 Å². The summed E-state index contributed by atoms with van der Waals surface area (Å²) in [6.45, 7) is 7.13. The Kier molecular flexibility index (Phi) is 5.63. The monoisotopic (exact) mass is 393 g/mol. The Balaban J connectivity index is 1.90. The van der Waals surface area contributed by atoms with E-state index >= 15 is 0 Å². The summed E-state index contributed by atoms with van der Waals surface area (Å²) in [6.07, 6.45) is 0. The predicted octanol–water partition coefficient (Wildman–Crippen LogP) is 3.41. The van der Waals surface area contributed by atoms with E-state index in [1.807, 2.05) is 32.0 Å². The van der Waals surface area contributed by atoms with Crippen LogP contribution in [0, 0.1) is 20.8 Å². The number of ether oxygens (including phenoxy) is 1. The van der Waals surface area contributed by atoms with E-state index in [4.69, 9.17) is 4.74 Å². The Morgan fingerprint density at radius 3 is 2.41 bits per heavy atom. The van der Waals surface area contributed by atoms with Crippen molar-refractivity contribution in [2.45, 2.75) is 27.7 Å². The van der Waals surface area contributed by atoms with Gasteiger partial charge < -0.3 is 15.4 Å². The molecule has 8 nitrogen and oxygen atoms in total. The van der Waals surface area contributed by atoms with Gasteiger partial charge >= 0.3 is 0 Å². The number of rotatable bonds is 5. The lowest BCUT2D eigenvalue weighted by molar-refractivity contribution is -0.114. The largest absolute Gasteiger partial charge is 0.495 e. The number of carbonyl (C=O) groups is 2. The van der Waals surface area contributed by atoms with Gasteiger partial charge in [0, 0.05) is 12.6 Å². The summed E-state index contributed by atoms with van der Waals surface area (Å²) in [5.41, 5.74) is 4.63. The van der Waals surface area contributed by atoms with Gasteiger partial charge in [-0.15, -0.1) is 5.10 Å². The maximum atomic E-state index is 12.9. The number of anilines is 2. The fraction of sp³-hybridized carbons (Fsp3) is 0.238. The molecule has 0 atom stereocenters. The molecule has 0 aliphatic heterocycles. The zero-order valence-electron chi connectivity index (χ0n) is 17.0. The zero-order valence-corrected chi connectivity index (χ0v) is 17.0. The second kappa shape index (κ2) is 8.14. The van der Waals surface area contributed by atoms with Crippen molar-refractivity contribution >= 4 is 23.2 Å². The van der Waals surface area contributed by atoms with E-state index in [1.165, 1.54) is 18.8 Å². The molecule has 0 saturated carbocycles. The molecular weight excluding hydrogens is 370 g/mol. The number of methoxy groups -OCH3 is 1. The molecule has 0 bridgehead atoms. The Morgan fingerprint density at radius 1 is 1.00 bits per heavy atom. The lowest BCUT2D eigenvalue weighted by atomic mass is 10.1. The van der Waals surface area contributed by atoms with Gasteiger partial charge in [0.1, 0.15) is 5.75 Å². The molecule has 3 aromatic rings. The van der Waals surface area contributed by atoms with Crippen molar-refractivity contribution in [2.24, 2.45) is 0 Å². The molecule has 0 unspecified atom stereocenters. The summed E-state index contributed by atoms with van der Waals surface area (Å²) in [4.78, 5) is 25.6. The Hall–Kier alpha value is -3.68. The molecule has 2 N–H and O–H groups in total. The SMILES string of the molecule is COc1ccc(NC(C)=O)cc1NC(=O)c1nn(-c2ccc(C)cc2C)nc1C. The van der Waals surface area contributed by atoms with Crippen LogP contribution >= 0.6 is 0 Å². The molecule has 1 heterocycles. The molecule has 0 radical (unpaired) electrons. The van der Waals surface area contributed by atoms with E-state index in [0.717, 1.165) is 16.8 Å². The highest BCUT2D eigenvalue weighted by Gasteiger charge is 2.19. The van der Waals surface area contributed by atoms with E-state index < -0.39 is 5.91 Å². The fourth-order valence-electron chi connectivity index (χ4n) is 2.99. The predicted molar refractivity (Wildman–Crippen MR) is 111 cm³/mol. The number of amides is 2. The molecule has 3 rings (SSSR count). The average molecular weight is 393 g/mol. The number of hydrogen-bond donors (Lipinski definition) is 2. The smallest absolute Gasteiger partial charge is 0.278 e. The van der Waals surface area contributed by atoms with Gasteiger partial charge in [0.2, 0.25) is 5.91 Å². The van der Waals surface area contributed by atoms with Crippen LogP contribution in [0.3, 0.4) is 0 Å². The van der Waals surface area contributed by atoms with Crippen LogP contribution in [0.15, 0.2) is 36.4 Å². The van der Waals surface area contributed by atoms with Gasteiger partial charge in [-0.05, 0) is 50.6 Å². The summed E-state index contributed by atoms with van der Waals surface area (Å²) in [7, 11) is 1.50. The van der Waals surface area contributed by atoms with Gasteiger partial charge in [-0.1, -0.05) is 17.7 Å². The van der Waals surface area contributed by atoms with E-state index in [0.29, 0.717) is 22.8 Å². The summed E-state index contributed by atoms with van der Waals surface area (Å²) in [6, 6.07) is 10.9. The van der Waals surface area contributed by atoms with Gasteiger partial charge in [0.15, 0.2) is 5.69 Å². The maximum Gasteiger partial charge on any atom is 0.278 e. The number of hydrogen-bond acceptors (Lipinski definition) is 5. The van der Waals surface area contributed by atoms with Crippen LogP contribution in [0.4, 0.5) is 11.4 Å². The first kappa shape index (κ1) is 20.1. The Morgan fingerprint density at radius 2 is 1.76 bits per heavy atom. The Bertz CT molecular complexity index is 1090. The van der Waals surface area contributed by atoms with Gasteiger partial charge in [-0.25, -0.2) is 0 Å². The summed E-state index contributed by atoms with van der Waals surface area (Å²) >= 11 is 0. The summed E-state index contributed by atoms with van der Waals surface area (Å²) in [5.74, 6) is -0.164.